The second kappa shape index (κ2) is 14.4. The van der Waals surface area contributed by atoms with Crippen molar-refractivity contribution in [3.05, 3.63) is 65.7 Å². The monoisotopic (exact) mass is 654 g/mol. The van der Waals surface area contributed by atoms with Gasteiger partial charge in [0.15, 0.2) is 6.29 Å². The molecule has 3 N–H and O–H groups in total. The van der Waals surface area contributed by atoms with Crippen molar-refractivity contribution in [1.29, 1.82) is 0 Å². The van der Waals surface area contributed by atoms with Gasteiger partial charge in [0.25, 0.3) is 10.0 Å². The third-order valence-electron chi connectivity index (χ3n) is 8.05. The van der Waals surface area contributed by atoms with Gasteiger partial charge in [-0.15, -0.1) is 0 Å². The number of hydrogen-bond acceptors (Lipinski definition) is 9. The van der Waals surface area contributed by atoms with Crippen LogP contribution < -0.4 is 5.32 Å². The lowest BCUT2D eigenvalue weighted by Crippen LogP contribution is -2.52. The summed E-state index contributed by atoms with van der Waals surface area (Å²) in [7, 11) is -9.51. The molecule has 2 heterocycles. The number of alkyl carbamates (subject to hydrolysis) is 1. The molecule has 5 rings (SSSR count). The Morgan fingerprint density at radius 2 is 1.77 bits per heavy atom. The highest BCUT2D eigenvalue weighted by Crippen LogP contribution is 2.40. The van der Waals surface area contributed by atoms with E-state index in [2.05, 4.69) is 5.32 Å². The topological polar surface area (TPSA) is 170 Å². The van der Waals surface area contributed by atoms with E-state index in [0.717, 1.165) is 22.9 Å². The van der Waals surface area contributed by atoms with Gasteiger partial charge in [-0.05, 0) is 50.3 Å². The summed E-state index contributed by atoms with van der Waals surface area (Å²) in [4.78, 5) is 39.0. The van der Waals surface area contributed by atoms with Crippen LogP contribution in [0.15, 0.2) is 59.5 Å². The Bertz CT molecular complexity index is 1400. The van der Waals surface area contributed by atoms with Crippen molar-refractivity contribution in [2.75, 3.05) is 19.8 Å². The number of phosphoric acid groups is 1. The number of hydrogen-bond donors (Lipinski definition) is 3. The molecule has 0 bridgehead atoms. The predicted molar refractivity (Wildman–Crippen MR) is 156 cm³/mol. The zero-order valence-electron chi connectivity index (χ0n) is 24.4. The molecule has 13 nitrogen and oxygen atoms in total. The van der Waals surface area contributed by atoms with E-state index in [1.165, 1.54) is 12.1 Å². The minimum atomic E-state index is -5.20. The standard InChI is InChI=1S/C29H39N2O11PS/c1-20-11-13-23(14-12-20)44(36,37)31(41-22-9-5-6-10-22)18-26(42-43(33,34)35)25(17-21-7-3-2-4-8-21)30-29(32)40-27-19-39-28-24(27)15-16-38-28/h2-4,7-8,11-14,22,24-28H,5-6,9-10,15-19H2,1H3,(H,30,32)(H2,33,34,35)/t24-,25-,26+,27-,28+/m0/s1. The summed E-state index contributed by atoms with van der Waals surface area (Å²) in [5, 5.41) is 2.69. The van der Waals surface area contributed by atoms with Crippen LogP contribution >= 0.6 is 7.82 Å². The molecule has 0 unspecified atom stereocenters. The number of carbonyl (C=O) groups is 1. The molecule has 3 fully saturated rings. The molecular weight excluding hydrogens is 615 g/mol. The van der Waals surface area contributed by atoms with E-state index in [9.17, 15) is 27.6 Å². The number of rotatable bonds is 13. The first-order chi connectivity index (χ1) is 21.0. The average molecular weight is 655 g/mol. The quantitative estimate of drug-likeness (QED) is 0.214. The van der Waals surface area contributed by atoms with Crippen molar-refractivity contribution in [1.82, 2.24) is 9.79 Å². The highest BCUT2D eigenvalue weighted by atomic mass is 32.2. The number of fused-ring (bicyclic) bond motifs is 1. The van der Waals surface area contributed by atoms with Crippen LogP contribution in [-0.2, 0) is 44.6 Å². The fourth-order valence-corrected chi connectivity index (χ4v) is 7.62. The van der Waals surface area contributed by atoms with Crippen LogP contribution in [0.4, 0.5) is 4.79 Å². The van der Waals surface area contributed by atoms with Crippen molar-refractivity contribution in [2.45, 2.75) is 81.0 Å². The highest BCUT2D eigenvalue weighted by molar-refractivity contribution is 7.89. The summed E-state index contributed by atoms with van der Waals surface area (Å²) >= 11 is 0. The van der Waals surface area contributed by atoms with Gasteiger partial charge in [0.1, 0.15) is 12.2 Å². The fraction of sp³-hybridized carbons (Fsp3) is 0.552. The molecule has 0 aromatic heterocycles. The number of amides is 1. The van der Waals surface area contributed by atoms with Gasteiger partial charge in [-0.1, -0.05) is 65.3 Å². The second-order valence-corrected chi connectivity index (χ2v) is 14.4. The molecule has 44 heavy (non-hydrogen) atoms. The van der Waals surface area contributed by atoms with Gasteiger partial charge < -0.3 is 29.3 Å². The first-order valence-corrected chi connectivity index (χ1v) is 17.7. The lowest BCUT2D eigenvalue weighted by Gasteiger charge is -2.33. The van der Waals surface area contributed by atoms with E-state index in [0.29, 0.717) is 31.4 Å². The Morgan fingerprint density at radius 1 is 1.07 bits per heavy atom. The van der Waals surface area contributed by atoms with Gasteiger partial charge in [-0.3, -0.25) is 9.36 Å². The summed E-state index contributed by atoms with van der Waals surface area (Å²) in [5.74, 6) is -0.134. The Kier molecular flexibility index (Phi) is 10.8. The van der Waals surface area contributed by atoms with Gasteiger partial charge in [-0.2, -0.15) is 0 Å². The van der Waals surface area contributed by atoms with Gasteiger partial charge in [0.2, 0.25) is 0 Å². The summed E-state index contributed by atoms with van der Waals surface area (Å²) in [6, 6.07) is 13.9. The number of phosphoric ester groups is 1. The minimum absolute atomic E-state index is 0.0405. The van der Waals surface area contributed by atoms with Crippen LogP contribution in [0.25, 0.3) is 0 Å². The molecule has 0 spiro atoms. The largest absolute Gasteiger partial charge is 0.469 e. The summed E-state index contributed by atoms with van der Waals surface area (Å²) in [6.07, 6.45) is -0.209. The zero-order chi connectivity index (χ0) is 31.3. The smallest absolute Gasteiger partial charge is 0.443 e. The molecule has 1 saturated carbocycles. The Hall–Kier alpha value is -2.39. The normalized spacial score (nSPS) is 23.9. The van der Waals surface area contributed by atoms with Crippen molar-refractivity contribution < 1.29 is 51.1 Å². The molecule has 5 atom stereocenters. The molecule has 2 aromatic carbocycles. The molecular formula is C29H39N2O11PS. The first-order valence-electron chi connectivity index (χ1n) is 14.7. The molecule has 242 valence electrons. The predicted octanol–water partition coefficient (Wildman–Crippen LogP) is 3.44. The van der Waals surface area contributed by atoms with Crippen LogP contribution in [-0.4, -0.2) is 79.2 Å². The van der Waals surface area contributed by atoms with E-state index in [-0.39, 0.29) is 23.8 Å². The number of nitrogens with one attached hydrogen (secondary N) is 1. The molecule has 0 radical (unpaired) electrons. The Labute approximate surface area is 257 Å². The lowest BCUT2D eigenvalue weighted by atomic mass is 10.0. The van der Waals surface area contributed by atoms with Gasteiger partial charge >= 0.3 is 13.9 Å². The van der Waals surface area contributed by atoms with Crippen LogP contribution in [0, 0.1) is 12.8 Å². The van der Waals surface area contributed by atoms with Crippen LogP contribution in [0.3, 0.4) is 0 Å². The van der Waals surface area contributed by atoms with Gasteiger partial charge in [0.05, 0.1) is 42.7 Å². The van der Waals surface area contributed by atoms with E-state index in [1.54, 1.807) is 42.5 Å². The molecule has 3 aliphatic rings. The van der Waals surface area contributed by atoms with E-state index in [4.69, 9.17) is 23.6 Å². The molecule has 2 aliphatic heterocycles. The van der Waals surface area contributed by atoms with Gasteiger partial charge in [-0.25, -0.2) is 17.8 Å². The van der Waals surface area contributed by atoms with Crippen LogP contribution in [0.2, 0.25) is 0 Å². The maximum absolute atomic E-state index is 13.9. The third-order valence-corrected chi connectivity index (χ3v) is 10.2. The van der Waals surface area contributed by atoms with Crippen molar-refractivity contribution >= 4 is 23.9 Å². The molecule has 15 heteroatoms. The number of benzene rings is 2. The number of carbonyl (C=O) groups excluding carboxylic acids is 1. The maximum Gasteiger partial charge on any atom is 0.469 e. The third kappa shape index (κ3) is 8.65. The minimum Gasteiger partial charge on any atom is -0.443 e. The summed E-state index contributed by atoms with van der Waals surface area (Å²) in [6.45, 7) is 1.83. The summed E-state index contributed by atoms with van der Waals surface area (Å²) in [5.41, 5.74) is 1.55. The number of sulfonamides is 1. The van der Waals surface area contributed by atoms with Gasteiger partial charge in [0, 0.05) is 0 Å². The molecule has 1 aliphatic carbocycles. The first kappa shape index (κ1) is 33.0. The van der Waals surface area contributed by atoms with E-state index >= 15 is 0 Å². The molecule has 2 aromatic rings. The van der Waals surface area contributed by atoms with Crippen molar-refractivity contribution in [2.24, 2.45) is 5.92 Å². The molecule has 2 saturated heterocycles. The SMILES string of the molecule is Cc1ccc(S(=O)(=O)N(C[C@@H](OP(=O)(O)O)[C@H](Cc2ccccc2)NC(=O)O[C@H]2CO[C@H]3OCC[C@H]32)OC2CCCC2)cc1. The lowest BCUT2D eigenvalue weighted by molar-refractivity contribution is -0.144. The zero-order valence-corrected chi connectivity index (χ0v) is 26.1. The van der Waals surface area contributed by atoms with Crippen molar-refractivity contribution in [3.63, 3.8) is 0 Å². The number of hydroxylamine groups is 1. The Morgan fingerprint density at radius 3 is 2.45 bits per heavy atom. The van der Waals surface area contributed by atoms with E-state index < -0.39 is 61.1 Å². The highest BCUT2D eigenvalue weighted by Gasteiger charge is 2.45. The molecule has 1 amide bonds. The average Bonchev–Trinajstić information content (AvgIpc) is 3.73. The van der Waals surface area contributed by atoms with Crippen LogP contribution in [0.1, 0.15) is 43.2 Å². The van der Waals surface area contributed by atoms with Crippen LogP contribution in [0.5, 0.6) is 0 Å². The van der Waals surface area contributed by atoms with E-state index in [1.807, 2.05) is 6.92 Å². The van der Waals surface area contributed by atoms with Crippen molar-refractivity contribution in [3.8, 4) is 0 Å². The maximum atomic E-state index is 13.9. The second-order valence-electron chi connectivity index (χ2n) is 11.4. The summed E-state index contributed by atoms with van der Waals surface area (Å²) < 4.78 is 62.7. The number of ether oxygens (including phenoxy) is 3. The number of aryl methyl sites for hydroxylation is 1. The fourth-order valence-electron chi connectivity index (χ4n) is 5.76. The number of nitrogens with zero attached hydrogens (tertiary/aromatic N) is 1. The Balaban J connectivity index is 1.44.